The third kappa shape index (κ3) is 6.44. The van der Waals surface area contributed by atoms with Gasteiger partial charge in [-0.1, -0.05) is 72.8 Å². The number of nitrogens with zero attached hydrogens (tertiary/aromatic N) is 1. The van der Waals surface area contributed by atoms with Crippen molar-refractivity contribution in [2.24, 2.45) is 4.99 Å². The van der Waals surface area contributed by atoms with Crippen LogP contribution in [0.25, 0.3) is 0 Å². The second kappa shape index (κ2) is 11.6. The molecule has 1 atom stereocenters. The van der Waals surface area contributed by atoms with E-state index in [2.05, 4.69) is 4.99 Å². The normalized spacial score (nSPS) is 11.8. The summed E-state index contributed by atoms with van der Waals surface area (Å²) in [6.07, 6.45) is 2.04. The number of para-hydroxylation sites is 1. The first kappa shape index (κ1) is 22.1. The summed E-state index contributed by atoms with van der Waals surface area (Å²) in [7, 11) is 1.60. The average Bonchev–Trinajstić information content (AvgIpc) is 2.82. The smallest absolute Gasteiger partial charge is 0.331 e. The Morgan fingerprint density at radius 2 is 1.68 bits per heavy atom. The number of aliphatic imine (C=N–C) groups is 1. The van der Waals surface area contributed by atoms with Gasteiger partial charge in [-0.15, -0.1) is 0 Å². The zero-order chi connectivity index (χ0) is 21.9. The van der Waals surface area contributed by atoms with Crippen molar-refractivity contribution < 1.29 is 19.0 Å². The van der Waals surface area contributed by atoms with Crippen LogP contribution in [-0.4, -0.2) is 31.9 Å². The molecule has 0 saturated heterocycles. The molecule has 0 bridgehead atoms. The lowest BCUT2D eigenvalue weighted by molar-refractivity contribution is -0.144. The number of benzene rings is 3. The predicted octanol–water partition coefficient (Wildman–Crippen LogP) is 4.87. The molecule has 0 heterocycles. The maximum Gasteiger partial charge on any atom is 0.331 e. The molecule has 0 fully saturated rings. The van der Waals surface area contributed by atoms with Crippen molar-refractivity contribution in [3.8, 4) is 11.5 Å². The standard InChI is InChI=1S/C26H27NO4/c1-3-30-26(28)23(27-18-20-11-6-4-7-12-20)17-22-15-10-16-24(29-2)25(22)31-19-21-13-8-5-9-14-21/h4-16,18,23H,3,17,19H2,1-2H3/t23-/m0/s1. The van der Waals surface area contributed by atoms with E-state index in [1.54, 1.807) is 20.2 Å². The van der Waals surface area contributed by atoms with Gasteiger partial charge in [0.2, 0.25) is 0 Å². The predicted molar refractivity (Wildman–Crippen MR) is 122 cm³/mol. The highest BCUT2D eigenvalue weighted by atomic mass is 16.5. The summed E-state index contributed by atoms with van der Waals surface area (Å²) in [5, 5.41) is 0. The third-order valence-electron chi connectivity index (χ3n) is 4.68. The zero-order valence-corrected chi connectivity index (χ0v) is 17.9. The van der Waals surface area contributed by atoms with Crippen LogP contribution in [0.2, 0.25) is 0 Å². The SMILES string of the molecule is CCOC(=O)[C@H](Cc1cccc(OC)c1OCc1ccccc1)N=Cc1ccccc1. The van der Waals surface area contributed by atoms with E-state index in [0.29, 0.717) is 31.1 Å². The Morgan fingerprint density at radius 1 is 0.968 bits per heavy atom. The van der Waals surface area contributed by atoms with Gasteiger partial charge in [0, 0.05) is 18.2 Å². The highest BCUT2D eigenvalue weighted by molar-refractivity contribution is 5.84. The molecule has 0 unspecified atom stereocenters. The van der Waals surface area contributed by atoms with E-state index < -0.39 is 6.04 Å². The van der Waals surface area contributed by atoms with Crippen LogP contribution in [-0.2, 0) is 22.6 Å². The molecule has 160 valence electrons. The summed E-state index contributed by atoms with van der Waals surface area (Å²) >= 11 is 0. The number of hydrogen-bond acceptors (Lipinski definition) is 5. The highest BCUT2D eigenvalue weighted by Crippen LogP contribution is 2.33. The van der Waals surface area contributed by atoms with Crippen LogP contribution in [0, 0.1) is 0 Å². The molecule has 0 aliphatic rings. The zero-order valence-electron chi connectivity index (χ0n) is 17.9. The number of carbonyl (C=O) groups is 1. The monoisotopic (exact) mass is 417 g/mol. The second-order valence-electron chi connectivity index (χ2n) is 6.88. The van der Waals surface area contributed by atoms with Crippen LogP contribution in [0.4, 0.5) is 0 Å². The van der Waals surface area contributed by atoms with Crippen molar-refractivity contribution in [2.75, 3.05) is 13.7 Å². The van der Waals surface area contributed by atoms with Crippen molar-refractivity contribution in [2.45, 2.75) is 26.0 Å². The minimum Gasteiger partial charge on any atom is -0.493 e. The lowest BCUT2D eigenvalue weighted by atomic mass is 10.0. The van der Waals surface area contributed by atoms with Crippen molar-refractivity contribution in [3.63, 3.8) is 0 Å². The lowest BCUT2D eigenvalue weighted by Gasteiger charge is -2.17. The Morgan fingerprint density at radius 3 is 2.35 bits per heavy atom. The molecular weight excluding hydrogens is 390 g/mol. The van der Waals surface area contributed by atoms with E-state index in [0.717, 1.165) is 16.7 Å². The molecule has 3 aromatic rings. The molecule has 0 N–H and O–H groups in total. The van der Waals surface area contributed by atoms with Crippen molar-refractivity contribution >= 4 is 12.2 Å². The maximum absolute atomic E-state index is 12.6. The van der Waals surface area contributed by atoms with Gasteiger partial charge in [-0.2, -0.15) is 0 Å². The summed E-state index contributed by atoms with van der Waals surface area (Å²) in [5.41, 5.74) is 2.80. The Balaban J connectivity index is 1.85. The first-order chi connectivity index (χ1) is 15.2. The Labute approximate surface area is 183 Å². The van der Waals surface area contributed by atoms with Gasteiger partial charge >= 0.3 is 5.97 Å². The minimum absolute atomic E-state index is 0.297. The fourth-order valence-corrected chi connectivity index (χ4v) is 3.14. The number of carbonyl (C=O) groups excluding carboxylic acids is 1. The van der Waals surface area contributed by atoms with Gasteiger partial charge < -0.3 is 14.2 Å². The minimum atomic E-state index is -0.689. The molecule has 5 nitrogen and oxygen atoms in total. The topological polar surface area (TPSA) is 57.1 Å². The Bertz CT molecular complexity index is 987. The van der Waals surface area contributed by atoms with Gasteiger partial charge in [-0.25, -0.2) is 4.79 Å². The van der Waals surface area contributed by atoms with Gasteiger partial charge in [0.1, 0.15) is 6.61 Å². The van der Waals surface area contributed by atoms with E-state index in [1.807, 2.05) is 78.9 Å². The van der Waals surface area contributed by atoms with Crippen LogP contribution in [0.15, 0.2) is 83.9 Å². The van der Waals surface area contributed by atoms with E-state index in [1.165, 1.54) is 0 Å². The van der Waals surface area contributed by atoms with Crippen molar-refractivity contribution in [1.82, 2.24) is 0 Å². The molecular formula is C26H27NO4. The fourth-order valence-electron chi connectivity index (χ4n) is 3.14. The van der Waals surface area contributed by atoms with Gasteiger partial charge in [-0.3, -0.25) is 4.99 Å². The number of ether oxygens (including phenoxy) is 3. The first-order valence-electron chi connectivity index (χ1n) is 10.3. The fraction of sp³-hybridized carbons (Fsp3) is 0.231. The van der Waals surface area contributed by atoms with E-state index in [4.69, 9.17) is 14.2 Å². The van der Waals surface area contributed by atoms with Crippen LogP contribution in [0.1, 0.15) is 23.6 Å². The molecule has 0 aliphatic carbocycles. The Hall–Kier alpha value is -3.60. The van der Waals surface area contributed by atoms with Crippen LogP contribution < -0.4 is 9.47 Å². The molecule has 3 rings (SSSR count). The van der Waals surface area contributed by atoms with Gasteiger partial charge in [0.05, 0.1) is 13.7 Å². The summed E-state index contributed by atoms with van der Waals surface area (Å²) < 4.78 is 16.9. The van der Waals surface area contributed by atoms with E-state index in [9.17, 15) is 4.79 Å². The largest absolute Gasteiger partial charge is 0.493 e. The molecule has 0 amide bonds. The molecule has 5 heteroatoms. The molecule has 0 aliphatic heterocycles. The van der Waals surface area contributed by atoms with Crippen LogP contribution in [0.3, 0.4) is 0 Å². The molecule has 3 aromatic carbocycles. The summed E-state index contributed by atoms with van der Waals surface area (Å²) in [6, 6.07) is 24.5. The number of hydrogen-bond donors (Lipinski definition) is 0. The summed E-state index contributed by atoms with van der Waals surface area (Å²) in [5.74, 6) is 0.854. The van der Waals surface area contributed by atoms with Crippen molar-refractivity contribution in [3.05, 3.63) is 95.6 Å². The van der Waals surface area contributed by atoms with Gasteiger partial charge in [0.15, 0.2) is 17.5 Å². The molecule has 0 radical (unpaired) electrons. The number of methoxy groups -OCH3 is 1. The third-order valence-corrected chi connectivity index (χ3v) is 4.68. The van der Waals surface area contributed by atoms with E-state index >= 15 is 0 Å². The Kier molecular flexibility index (Phi) is 8.23. The van der Waals surface area contributed by atoms with E-state index in [-0.39, 0.29) is 5.97 Å². The molecule has 0 aromatic heterocycles. The molecule has 0 spiro atoms. The van der Waals surface area contributed by atoms with Crippen LogP contribution in [0.5, 0.6) is 11.5 Å². The second-order valence-corrected chi connectivity index (χ2v) is 6.88. The average molecular weight is 418 g/mol. The number of esters is 1. The highest BCUT2D eigenvalue weighted by Gasteiger charge is 2.22. The van der Waals surface area contributed by atoms with Crippen LogP contribution >= 0.6 is 0 Å². The van der Waals surface area contributed by atoms with Gasteiger partial charge in [-0.05, 0) is 24.1 Å². The van der Waals surface area contributed by atoms with Gasteiger partial charge in [0.25, 0.3) is 0 Å². The quantitative estimate of drug-likeness (QED) is 0.349. The molecule has 0 saturated carbocycles. The summed E-state index contributed by atoms with van der Waals surface area (Å²) in [4.78, 5) is 17.1. The molecule has 31 heavy (non-hydrogen) atoms. The maximum atomic E-state index is 12.6. The first-order valence-corrected chi connectivity index (χ1v) is 10.3. The lowest BCUT2D eigenvalue weighted by Crippen LogP contribution is -2.24. The number of rotatable bonds is 10. The summed E-state index contributed by atoms with van der Waals surface area (Å²) in [6.45, 7) is 2.48. The van der Waals surface area contributed by atoms with Crippen molar-refractivity contribution in [1.29, 1.82) is 0 Å².